The molecule has 0 spiro atoms. The van der Waals surface area contributed by atoms with Gasteiger partial charge in [0.15, 0.2) is 0 Å². The zero-order valence-electron chi connectivity index (χ0n) is 13.9. The maximum Gasteiger partial charge on any atom is 0.280 e. The highest BCUT2D eigenvalue weighted by molar-refractivity contribution is 7.87. The largest absolute Gasteiger partial charge is 0.383 e. The first-order chi connectivity index (χ1) is 9.70. The fraction of sp³-hybridized carbons (Fsp3) is 1.00. The number of rotatable bonds is 12. The van der Waals surface area contributed by atoms with Crippen molar-refractivity contribution in [3.05, 3.63) is 0 Å². The molecule has 7 nitrogen and oxygen atoms in total. The molecule has 0 fully saturated rings. The van der Waals surface area contributed by atoms with Gasteiger partial charge in [0.25, 0.3) is 10.2 Å². The van der Waals surface area contributed by atoms with Gasteiger partial charge in [-0.05, 0) is 19.3 Å². The Balaban J connectivity index is 4.99. The lowest BCUT2D eigenvalue weighted by Gasteiger charge is -2.33. The van der Waals surface area contributed by atoms with Crippen molar-refractivity contribution >= 4 is 10.2 Å². The van der Waals surface area contributed by atoms with E-state index in [0.29, 0.717) is 25.6 Å². The number of nitrogens with zero attached hydrogens (tertiary/aromatic N) is 1. The summed E-state index contributed by atoms with van der Waals surface area (Å²) < 4.78 is 39.1. The first kappa shape index (κ1) is 20.8. The van der Waals surface area contributed by atoms with Gasteiger partial charge in [-0.3, -0.25) is 0 Å². The number of methoxy groups -OCH3 is 2. The molecule has 0 aromatic carbocycles. The van der Waals surface area contributed by atoms with Crippen LogP contribution in [0.15, 0.2) is 0 Å². The van der Waals surface area contributed by atoms with Gasteiger partial charge in [-0.2, -0.15) is 17.4 Å². The van der Waals surface area contributed by atoms with E-state index in [2.05, 4.69) is 4.72 Å². The molecule has 1 atom stereocenters. The average molecular weight is 325 g/mol. The number of hydrogen-bond acceptors (Lipinski definition) is 5. The van der Waals surface area contributed by atoms with Gasteiger partial charge in [0, 0.05) is 39.4 Å². The van der Waals surface area contributed by atoms with Crippen molar-refractivity contribution in [2.75, 3.05) is 47.1 Å². The molecule has 0 bridgehead atoms. The topological polar surface area (TPSA) is 93.9 Å². The van der Waals surface area contributed by atoms with Crippen molar-refractivity contribution in [3.63, 3.8) is 0 Å². The number of ether oxygens (including phenoxy) is 2. The summed E-state index contributed by atoms with van der Waals surface area (Å²) in [5.41, 5.74) is 5.11. The molecule has 0 saturated carbocycles. The monoisotopic (exact) mass is 325 g/mol. The molecule has 21 heavy (non-hydrogen) atoms. The van der Waals surface area contributed by atoms with Crippen LogP contribution in [-0.4, -0.2) is 65.3 Å². The second-order valence-corrected chi connectivity index (χ2v) is 7.53. The van der Waals surface area contributed by atoms with Crippen LogP contribution in [0.3, 0.4) is 0 Å². The molecule has 3 N–H and O–H groups in total. The summed E-state index contributed by atoms with van der Waals surface area (Å²) >= 11 is 0. The first-order valence-electron chi connectivity index (χ1n) is 7.17. The minimum atomic E-state index is -3.64. The van der Waals surface area contributed by atoms with Gasteiger partial charge in [-0.15, -0.1) is 0 Å². The maximum atomic E-state index is 12.5. The molecular weight excluding hydrogens is 294 g/mol. The van der Waals surface area contributed by atoms with E-state index < -0.39 is 15.7 Å². The summed E-state index contributed by atoms with van der Waals surface area (Å²) in [6.45, 7) is 7.35. The Morgan fingerprint density at radius 2 is 1.67 bits per heavy atom. The summed E-state index contributed by atoms with van der Waals surface area (Å²) in [5.74, 6) is 0.340. The Morgan fingerprint density at radius 1 is 1.19 bits per heavy atom. The molecular formula is C13H31N3O4S. The van der Waals surface area contributed by atoms with E-state index >= 15 is 0 Å². The SMILES string of the molecule is COCCN(CCOC)S(=O)(=O)NC(C)(CN)CC(C)C. The van der Waals surface area contributed by atoms with Crippen LogP contribution in [0.4, 0.5) is 0 Å². The quantitative estimate of drug-likeness (QED) is 0.534. The smallest absolute Gasteiger partial charge is 0.280 e. The summed E-state index contributed by atoms with van der Waals surface area (Å²) in [6, 6.07) is 0. The highest BCUT2D eigenvalue weighted by atomic mass is 32.2. The molecule has 0 aliphatic rings. The van der Waals surface area contributed by atoms with Crippen LogP contribution in [0.5, 0.6) is 0 Å². The molecule has 0 amide bonds. The van der Waals surface area contributed by atoms with E-state index in [-0.39, 0.29) is 19.6 Å². The molecule has 0 radical (unpaired) electrons. The van der Waals surface area contributed by atoms with Crippen molar-refractivity contribution in [2.24, 2.45) is 11.7 Å². The molecule has 128 valence electrons. The predicted molar refractivity (Wildman–Crippen MR) is 84.3 cm³/mol. The van der Waals surface area contributed by atoms with Crippen LogP contribution in [-0.2, 0) is 19.7 Å². The highest BCUT2D eigenvalue weighted by Gasteiger charge is 2.32. The second kappa shape index (κ2) is 9.70. The van der Waals surface area contributed by atoms with E-state index in [9.17, 15) is 8.42 Å². The third-order valence-corrected chi connectivity index (χ3v) is 4.91. The van der Waals surface area contributed by atoms with Crippen LogP contribution >= 0.6 is 0 Å². The lowest BCUT2D eigenvalue weighted by atomic mass is 9.92. The molecule has 0 saturated heterocycles. The summed E-state index contributed by atoms with van der Waals surface area (Å²) in [4.78, 5) is 0. The Morgan fingerprint density at radius 3 is 2.00 bits per heavy atom. The predicted octanol–water partition coefficient (Wildman–Crippen LogP) is 0.179. The van der Waals surface area contributed by atoms with Crippen LogP contribution < -0.4 is 10.5 Å². The summed E-state index contributed by atoms with van der Waals surface area (Å²) in [6.07, 6.45) is 0.672. The van der Waals surface area contributed by atoms with E-state index in [1.807, 2.05) is 20.8 Å². The van der Waals surface area contributed by atoms with Gasteiger partial charge in [0.2, 0.25) is 0 Å². The molecule has 0 aromatic rings. The first-order valence-corrected chi connectivity index (χ1v) is 8.61. The van der Waals surface area contributed by atoms with Crippen molar-refractivity contribution in [1.82, 2.24) is 9.03 Å². The average Bonchev–Trinajstić information content (AvgIpc) is 2.36. The fourth-order valence-corrected chi connectivity index (χ4v) is 3.73. The highest BCUT2D eigenvalue weighted by Crippen LogP contribution is 2.17. The van der Waals surface area contributed by atoms with Crippen LogP contribution in [0.2, 0.25) is 0 Å². The van der Waals surface area contributed by atoms with Gasteiger partial charge in [0.1, 0.15) is 0 Å². The molecule has 0 aromatic heterocycles. The molecule has 1 unspecified atom stereocenters. The maximum absolute atomic E-state index is 12.5. The van der Waals surface area contributed by atoms with Crippen LogP contribution in [0.25, 0.3) is 0 Å². The van der Waals surface area contributed by atoms with Crippen molar-refractivity contribution in [3.8, 4) is 0 Å². The van der Waals surface area contributed by atoms with Gasteiger partial charge >= 0.3 is 0 Å². The normalized spacial score (nSPS) is 15.6. The zero-order valence-corrected chi connectivity index (χ0v) is 14.7. The Bertz CT molecular complexity index is 368. The minimum absolute atomic E-state index is 0.243. The fourth-order valence-electron chi connectivity index (χ4n) is 2.18. The molecule has 0 aliphatic heterocycles. The zero-order chi connectivity index (χ0) is 16.5. The standard InChI is InChI=1S/C13H31N3O4S/c1-12(2)10-13(3,11-14)15-21(17,18)16(6-8-19-4)7-9-20-5/h12,15H,6-11,14H2,1-5H3. The minimum Gasteiger partial charge on any atom is -0.383 e. The lowest BCUT2D eigenvalue weighted by Crippen LogP contribution is -2.56. The number of nitrogens with one attached hydrogen (secondary N) is 1. The Hall–Kier alpha value is -0.250. The van der Waals surface area contributed by atoms with Gasteiger partial charge in [-0.1, -0.05) is 13.8 Å². The molecule has 0 heterocycles. The van der Waals surface area contributed by atoms with Crippen LogP contribution in [0, 0.1) is 5.92 Å². The van der Waals surface area contributed by atoms with Crippen molar-refractivity contribution in [1.29, 1.82) is 0 Å². The number of hydrogen-bond donors (Lipinski definition) is 2. The van der Waals surface area contributed by atoms with Crippen molar-refractivity contribution < 1.29 is 17.9 Å². The third-order valence-electron chi connectivity index (χ3n) is 3.11. The second-order valence-electron chi connectivity index (χ2n) is 5.85. The lowest BCUT2D eigenvalue weighted by molar-refractivity contribution is 0.148. The van der Waals surface area contributed by atoms with Crippen LogP contribution in [0.1, 0.15) is 27.2 Å². The Labute approximate surface area is 129 Å². The third kappa shape index (κ3) is 8.08. The summed E-state index contributed by atoms with van der Waals surface area (Å²) in [7, 11) is -0.561. The molecule has 8 heteroatoms. The molecule has 0 aliphatic carbocycles. The number of nitrogens with two attached hydrogens (primary N) is 1. The van der Waals surface area contributed by atoms with E-state index in [1.54, 1.807) is 0 Å². The van der Waals surface area contributed by atoms with E-state index in [4.69, 9.17) is 15.2 Å². The van der Waals surface area contributed by atoms with Crippen molar-refractivity contribution in [2.45, 2.75) is 32.7 Å². The van der Waals surface area contributed by atoms with Gasteiger partial charge in [0.05, 0.1) is 13.2 Å². The van der Waals surface area contributed by atoms with E-state index in [0.717, 1.165) is 0 Å². The van der Waals surface area contributed by atoms with Gasteiger partial charge < -0.3 is 15.2 Å². The Kier molecular flexibility index (Phi) is 9.59. The van der Waals surface area contributed by atoms with Gasteiger partial charge in [-0.25, -0.2) is 0 Å². The summed E-state index contributed by atoms with van der Waals surface area (Å²) in [5, 5.41) is 0. The van der Waals surface area contributed by atoms with E-state index in [1.165, 1.54) is 18.5 Å². The molecule has 0 rings (SSSR count).